The molecule has 0 aromatic heterocycles. The number of likely N-dealkylation sites (N-methyl/N-ethyl adjacent to an activating group) is 1. The molecule has 0 aliphatic carbocycles. The van der Waals surface area contributed by atoms with Crippen molar-refractivity contribution < 1.29 is 14.3 Å². The Balaban J connectivity index is 1.74. The maximum atomic E-state index is 11.9. The molecule has 1 N–H and O–H groups in total. The standard InChI is InChI=1S/C18H13Cl2IN2O3/c1-23-17(24)15(22-18(23)25)7-10-2-5-16(14(21)6-10)26-9-11-3-4-12(19)8-13(11)20/h2-8H,9H2,1H3,(H,22,25)/b15-7+. The first-order chi connectivity index (χ1) is 12.3. The zero-order chi connectivity index (χ0) is 18.8. The lowest BCUT2D eigenvalue weighted by Crippen LogP contribution is -2.25. The highest BCUT2D eigenvalue weighted by atomic mass is 127. The highest BCUT2D eigenvalue weighted by molar-refractivity contribution is 14.1. The number of hydrogen-bond donors (Lipinski definition) is 1. The van der Waals surface area contributed by atoms with Crippen LogP contribution in [0.1, 0.15) is 11.1 Å². The van der Waals surface area contributed by atoms with Gasteiger partial charge in [-0.15, -0.1) is 0 Å². The SMILES string of the molecule is CN1C(=O)N/C(=C/c2ccc(OCc3ccc(Cl)cc3Cl)c(I)c2)C1=O. The number of benzene rings is 2. The largest absolute Gasteiger partial charge is 0.488 e. The Morgan fingerprint density at radius 2 is 1.96 bits per heavy atom. The molecular formula is C18H13Cl2IN2O3. The van der Waals surface area contributed by atoms with Crippen LogP contribution in [0.15, 0.2) is 42.1 Å². The third-order valence-electron chi connectivity index (χ3n) is 3.75. The van der Waals surface area contributed by atoms with Crippen molar-refractivity contribution in [3.63, 3.8) is 0 Å². The summed E-state index contributed by atoms with van der Waals surface area (Å²) in [5.74, 6) is 0.334. The van der Waals surface area contributed by atoms with Gasteiger partial charge in [-0.25, -0.2) is 4.79 Å². The molecule has 8 heteroatoms. The molecule has 0 saturated carbocycles. The van der Waals surface area contributed by atoms with Gasteiger partial charge in [-0.05, 0) is 58.5 Å². The average Bonchev–Trinajstić information content (AvgIpc) is 2.82. The topological polar surface area (TPSA) is 58.6 Å². The number of amides is 3. The number of halogens is 3. The molecule has 3 amide bonds. The number of urea groups is 1. The maximum absolute atomic E-state index is 11.9. The molecule has 5 nitrogen and oxygen atoms in total. The van der Waals surface area contributed by atoms with Gasteiger partial charge in [0.2, 0.25) is 0 Å². The number of carbonyl (C=O) groups excluding carboxylic acids is 2. The highest BCUT2D eigenvalue weighted by Crippen LogP contribution is 2.27. The minimum absolute atomic E-state index is 0.245. The molecule has 0 radical (unpaired) electrons. The Kier molecular flexibility index (Phi) is 5.74. The average molecular weight is 503 g/mol. The molecule has 1 aliphatic rings. The predicted octanol–water partition coefficient (Wildman–Crippen LogP) is 4.70. The molecule has 1 fully saturated rings. The predicted molar refractivity (Wildman–Crippen MR) is 109 cm³/mol. The molecule has 134 valence electrons. The summed E-state index contributed by atoms with van der Waals surface area (Å²) < 4.78 is 6.69. The summed E-state index contributed by atoms with van der Waals surface area (Å²) in [6, 6.07) is 10.3. The lowest BCUT2D eigenvalue weighted by molar-refractivity contribution is -0.121. The fourth-order valence-corrected chi connectivity index (χ4v) is 3.47. The van der Waals surface area contributed by atoms with Crippen molar-refractivity contribution in [2.75, 3.05) is 7.05 Å². The van der Waals surface area contributed by atoms with Crippen molar-refractivity contribution in [2.24, 2.45) is 0 Å². The lowest BCUT2D eigenvalue weighted by Gasteiger charge is -2.10. The molecule has 2 aromatic rings. The minimum Gasteiger partial charge on any atom is -0.488 e. The minimum atomic E-state index is -0.434. The Morgan fingerprint density at radius 1 is 1.19 bits per heavy atom. The number of nitrogens with zero attached hydrogens (tertiary/aromatic N) is 1. The van der Waals surface area contributed by atoms with Gasteiger partial charge in [0.05, 0.1) is 3.57 Å². The number of ether oxygens (including phenoxy) is 1. The van der Waals surface area contributed by atoms with Crippen molar-refractivity contribution in [2.45, 2.75) is 6.61 Å². The zero-order valence-electron chi connectivity index (χ0n) is 13.6. The van der Waals surface area contributed by atoms with E-state index >= 15 is 0 Å². The zero-order valence-corrected chi connectivity index (χ0v) is 17.2. The molecule has 0 spiro atoms. The quantitative estimate of drug-likeness (QED) is 0.374. The molecule has 0 bridgehead atoms. The van der Waals surface area contributed by atoms with Gasteiger partial charge >= 0.3 is 6.03 Å². The molecule has 0 atom stereocenters. The third kappa shape index (κ3) is 4.13. The van der Waals surface area contributed by atoms with E-state index in [2.05, 4.69) is 27.9 Å². The van der Waals surface area contributed by atoms with Gasteiger partial charge < -0.3 is 10.1 Å². The van der Waals surface area contributed by atoms with Gasteiger partial charge in [0.25, 0.3) is 5.91 Å². The second kappa shape index (κ2) is 7.85. The van der Waals surface area contributed by atoms with Gasteiger partial charge in [-0.3, -0.25) is 9.69 Å². The van der Waals surface area contributed by atoms with Crippen LogP contribution in [0, 0.1) is 3.57 Å². The fourth-order valence-electron chi connectivity index (χ4n) is 2.31. The van der Waals surface area contributed by atoms with Gasteiger partial charge in [-0.2, -0.15) is 0 Å². The summed E-state index contributed by atoms with van der Waals surface area (Å²) in [6.45, 7) is 0.311. The highest BCUT2D eigenvalue weighted by Gasteiger charge is 2.29. The van der Waals surface area contributed by atoms with E-state index in [4.69, 9.17) is 27.9 Å². The molecule has 3 rings (SSSR count). The van der Waals surface area contributed by atoms with Crippen molar-refractivity contribution in [3.8, 4) is 5.75 Å². The van der Waals surface area contributed by atoms with E-state index in [0.717, 1.165) is 19.6 Å². The summed E-state index contributed by atoms with van der Waals surface area (Å²) >= 11 is 14.2. The smallest absolute Gasteiger partial charge is 0.328 e. The van der Waals surface area contributed by atoms with E-state index in [-0.39, 0.29) is 11.6 Å². The van der Waals surface area contributed by atoms with Crippen LogP contribution in [0.5, 0.6) is 5.75 Å². The number of rotatable bonds is 4. The van der Waals surface area contributed by atoms with E-state index in [9.17, 15) is 9.59 Å². The number of imide groups is 1. The van der Waals surface area contributed by atoms with Crippen molar-refractivity contribution in [1.29, 1.82) is 0 Å². The summed E-state index contributed by atoms with van der Waals surface area (Å²) in [7, 11) is 1.43. The van der Waals surface area contributed by atoms with Crippen LogP contribution in [0.3, 0.4) is 0 Å². The van der Waals surface area contributed by atoms with Crippen molar-refractivity contribution in [3.05, 3.63) is 66.8 Å². The first-order valence-corrected chi connectivity index (χ1v) is 9.35. The Bertz CT molecular complexity index is 931. The van der Waals surface area contributed by atoms with Gasteiger partial charge in [0.15, 0.2) is 0 Å². The van der Waals surface area contributed by atoms with Crippen molar-refractivity contribution in [1.82, 2.24) is 10.2 Å². The number of hydrogen-bond acceptors (Lipinski definition) is 3. The van der Waals surface area contributed by atoms with E-state index in [1.807, 2.05) is 24.3 Å². The van der Waals surface area contributed by atoms with Crippen LogP contribution in [0.2, 0.25) is 10.0 Å². The molecule has 1 heterocycles. The van der Waals surface area contributed by atoms with Crippen LogP contribution < -0.4 is 10.1 Å². The molecule has 0 unspecified atom stereocenters. The summed E-state index contributed by atoms with van der Waals surface area (Å²) in [5.41, 5.74) is 1.86. The first kappa shape index (κ1) is 19.0. The number of nitrogens with one attached hydrogen (secondary N) is 1. The van der Waals surface area contributed by atoms with Gasteiger partial charge in [-0.1, -0.05) is 35.3 Å². The van der Waals surface area contributed by atoms with Crippen LogP contribution in [-0.4, -0.2) is 23.9 Å². The first-order valence-electron chi connectivity index (χ1n) is 7.52. The van der Waals surface area contributed by atoms with Crippen molar-refractivity contribution >= 4 is 63.8 Å². The van der Waals surface area contributed by atoms with Gasteiger partial charge in [0, 0.05) is 22.7 Å². The third-order valence-corrected chi connectivity index (χ3v) is 5.18. The maximum Gasteiger partial charge on any atom is 0.328 e. The second-order valence-electron chi connectivity index (χ2n) is 5.57. The molecule has 26 heavy (non-hydrogen) atoms. The van der Waals surface area contributed by atoms with Crippen LogP contribution in [0.4, 0.5) is 4.79 Å². The summed E-state index contributed by atoms with van der Waals surface area (Å²) in [5, 5.41) is 3.66. The van der Waals surface area contributed by atoms with Gasteiger partial charge in [0.1, 0.15) is 18.1 Å². The summed E-state index contributed by atoms with van der Waals surface area (Å²) in [4.78, 5) is 24.4. The van der Waals surface area contributed by atoms with Crippen LogP contribution in [0.25, 0.3) is 6.08 Å². The monoisotopic (exact) mass is 502 g/mol. The molecule has 1 aliphatic heterocycles. The van der Waals surface area contributed by atoms with Crippen LogP contribution >= 0.6 is 45.8 Å². The second-order valence-corrected chi connectivity index (χ2v) is 7.57. The van der Waals surface area contributed by atoms with E-state index in [1.54, 1.807) is 18.2 Å². The normalized spacial score (nSPS) is 15.5. The fraction of sp³-hybridized carbons (Fsp3) is 0.111. The van der Waals surface area contributed by atoms with Crippen LogP contribution in [-0.2, 0) is 11.4 Å². The Morgan fingerprint density at radius 3 is 2.58 bits per heavy atom. The molecule has 1 saturated heterocycles. The molecular weight excluding hydrogens is 490 g/mol. The van der Waals surface area contributed by atoms with E-state index in [1.165, 1.54) is 7.05 Å². The molecule has 2 aromatic carbocycles. The Labute approximate surface area is 174 Å². The lowest BCUT2D eigenvalue weighted by atomic mass is 10.2. The van der Waals surface area contributed by atoms with E-state index in [0.29, 0.717) is 22.4 Å². The summed E-state index contributed by atoms with van der Waals surface area (Å²) in [6.07, 6.45) is 1.63. The number of carbonyl (C=O) groups is 2. The Hall–Kier alpha value is -1.77. The van der Waals surface area contributed by atoms with E-state index < -0.39 is 6.03 Å².